The molecule has 0 atom stereocenters. The molecule has 1 amide bonds. The minimum absolute atomic E-state index is 0.0972. The number of fused-ring (bicyclic) bond motifs is 1. The van der Waals surface area contributed by atoms with E-state index in [1.54, 1.807) is 31.3 Å². The van der Waals surface area contributed by atoms with Crippen LogP contribution in [0.1, 0.15) is 11.1 Å². The Kier molecular flexibility index (Phi) is 4.93. The fourth-order valence-electron chi connectivity index (χ4n) is 2.78. The molecular formula is C20H21NO4. The number of methoxy groups -OCH3 is 2. The zero-order valence-corrected chi connectivity index (χ0v) is 14.6. The number of aryl methyl sites for hydroxylation is 1. The summed E-state index contributed by atoms with van der Waals surface area (Å²) < 4.78 is 16.2. The maximum absolute atomic E-state index is 12.7. The van der Waals surface area contributed by atoms with Crippen molar-refractivity contribution in [3.05, 3.63) is 53.6 Å². The van der Waals surface area contributed by atoms with Gasteiger partial charge in [-0.25, -0.2) is 0 Å². The van der Waals surface area contributed by atoms with E-state index in [9.17, 15) is 4.79 Å². The lowest BCUT2D eigenvalue weighted by Crippen LogP contribution is -2.36. The molecule has 5 heteroatoms. The predicted molar refractivity (Wildman–Crippen MR) is 97.6 cm³/mol. The minimum Gasteiger partial charge on any atom is -0.497 e. The van der Waals surface area contributed by atoms with Gasteiger partial charge in [0, 0.05) is 11.6 Å². The molecule has 0 unspecified atom stereocenters. The van der Waals surface area contributed by atoms with Crippen molar-refractivity contribution in [2.75, 3.05) is 32.3 Å². The maximum atomic E-state index is 12.7. The highest BCUT2D eigenvalue weighted by Gasteiger charge is 2.22. The van der Waals surface area contributed by atoms with Crippen molar-refractivity contribution in [3.63, 3.8) is 0 Å². The van der Waals surface area contributed by atoms with E-state index in [0.29, 0.717) is 24.7 Å². The van der Waals surface area contributed by atoms with Crippen molar-refractivity contribution in [2.24, 2.45) is 0 Å². The Morgan fingerprint density at radius 3 is 2.76 bits per heavy atom. The monoisotopic (exact) mass is 339 g/mol. The molecule has 3 rings (SSSR count). The molecule has 0 aliphatic carbocycles. The molecule has 0 radical (unpaired) electrons. The average Bonchev–Trinajstić information content (AvgIpc) is 2.65. The van der Waals surface area contributed by atoms with Crippen molar-refractivity contribution >= 4 is 17.7 Å². The third kappa shape index (κ3) is 3.60. The van der Waals surface area contributed by atoms with Crippen LogP contribution in [0.5, 0.6) is 17.2 Å². The largest absolute Gasteiger partial charge is 0.497 e. The molecule has 1 heterocycles. The smallest absolute Gasteiger partial charge is 0.251 e. The van der Waals surface area contributed by atoms with Crippen LogP contribution in [-0.2, 0) is 4.79 Å². The summed E-state index contributed by atoms with van der Waals surface area (Å²) >= 11 is 0. The quantitative estimate of drug-likeness (QED) is 0.801. The molecular weight excluding hydrogens is 318 g/mol. The number of rotatable bonds is 4. The van der Waals surface area contributed by atoms with E-state index in [1.165, 1.54) is 0 Å². The molecule has 0 saturated heterocycles. The molecule has 0 bridgehead atoms. The Hall–Kier alpha value is -2.95. The molecule has 2 aromatic carbocycles. The second kappa shape index (κ2) is 7.30. The van der Waals surface area contributed by atoms with Gasteiger partial charge in [0.2, 0.25) is 0 Å². The van der Waals surface area contributed by atoms with Crippen molar-refractivity contribution in [2.45, 2.75) is 6.92 Å². The molecule has 130 valence electrons. The fraction of sp³-hybridized carbons (Fsp3) is 0.250. The van der Waals surface area contributed by atoms with Gasteiger partial charge in [-0.3, -0.25) is 4.79 Å². The average molecular weight is 339 g/mol. The maximum Gasteiger partial charge on any atom is 0.251 e. The first kappa shape index (κ1) is 16.9. The molecule has 25 heavy (non-hydrogen) atoms. The van der Waals surface area contributed by atoms with Crippen LogP contribution >= 0.6 is 0 Å². The van der Waals surface area contributed by atoms with Crippen molar-refractivity contribution in [1.29, 1.82) is 0 Å². The van der Waals surface area contributed by atoms with Gasteiger partial charge in [0.25, 0.3) is 5.91 Å². The lowest BCUT2D eigenvalue weighted by Gasteiger charge is -2.29. The molecule has 5 nitrogen and oxygen atoms in total. The number of hydrogen-bond acceptors (Lipinski definition) is 4. The van der Waals surface area contributed by atoms with Gasteiger partial charge in [-0.2, -0.15) is 0 Å². The van der Waals surface area contributed by atoms with Crippen LogP contribution in [0.4, 0.5) is 5.69 Å². The number of carbonyl (C=O) groups is 1. The molecule has 0 fully saturated rings. The highest BCUT2D eigenvalue weighted by Crippen LogP contribution is 2.33. The van der Waals surface area contributed by atoms with E-state index in [1.807, 2.05) is 43.3 Å². The van der Waals surface area contributed by atoms with Crippen LogP contribution in [0, 0.1) is 6.92 Å². The van der Waals surface area contributed by atoms with Gasteiger partial charge >= 0.3 is 0 Å². The number of anilines is 1. The second-order valence-corrected chi connectivity index (χ2v) is 5.75. The van der Waals surface area contributed by atoms with Crippen LogP contribution in [0.3, 0.4) is 0 Å². The fourth-order valence-corrected chi connectivity index (χ4v) is 2.78. The number of hydrogen-bond donors (Lipinski definition) is 0. The van der Waals surface area contributed by atoms with Gasteiger partial charge in [-0.15, -0.1) is 0 Å². The van der Waals surface area contributed by atoms with Gasteiger partial charge in [0.15, 0.2) is 0 Å². The third-order valence-corrected chi connectivity index (χ3v) is 4.09. The summed E-state index contributed by atoms with van der Waals surface area (Å²) in [6.45, 7) is 3.00. The number of carbonyl (C=O) groups excluding carboxylic acids is 1. The van der Waals surface area contributed by atoms with Gasteiger partial charge in [0.1, 0.15) is 23.9 Å². The predicted octanol–water partition coefficient (Wildman–Crippen LogP) is 3.45. The van der Waals surface area contributed by atoms with E-state index < -0.39 is 0 Å². The zero-order valence-electron chi connectivity index (χ0n) is 14.6. The summed E-state index contributed by atoms with van der Waals surface area (Å²) in [6, 6.07) is 11.3. The van der Waals surface area contributed by atoms with E-state index in [4.69, 9.17) is 14.2 Å². The Morgan fingerprint density at radius 1 is 1.16 bits per heavy atom. The summed E-state index contributed by atoms with van der Waals surface area (Å²) in [6.07, 6.45) is 3.29. The first-order valence-electron chi connectivity index (χ1n) is 8.07. The van der Waals surface area contributed by atoms with Gasteiger partial charge < -0.3 is 19.1 Å². The Morgan fingerprint density at radius 2 is 2.00 bits per heavy atom. The highest BCUT2D eigenvalue weighted by atomic mass is 16.5. The van der Waals surface area contributed by atoms with Gasteiger partial charge in [-0.05, 0) is 48.9 Å². The minimum atomic E-state index is -0.0972. The molecule has 1 aliphatic heterocycles. The Labute approximate surface area is 147 Å². The number of nitrogens with zero attached hydrogens (tertiary/aromatic N) is 1. The molecule has 2 aromatic rings. The van der Waals surface area contributed by atoms with E-state index in [-0.39, 0.29) is 5.91 Å². The topological polar surface area (TPSA) is 48.0 Å². The second-order valence-electron chi connectivity index (χ2n) is 5.75. The molecule has 0 spiro atoms. The van der Waals surface area contributed by atoms with Crippen LogP contribution in [-0.4, -0.2) is 33.3 Å². The summed E-state index contributed by atoms with van der Waals surface area (Å²) in [5, 5.41) is 0. The molecule has 0 aromatic heterocycles. The zero-order chi connectivity index (χ0) is 17.8. The molecule has 0 N–H and O–H groups in total. The van der Waals surface area contributed by atoms with Crippen LogP contribution in [0.15, 0.2) is 42.5 Å². The van der Waals surface area contributed by atoms with Gasteiger partial charge in [-0.1, -0.05) is 6.07 Å². The van der Waals surface area contributed by atoms with E-state index in [0.717, 1.165) is 22.6 Å². The summed E-state index contributed by atoms with van der Waals surface area (Å²) in [5.74, 6) is 2.03. The summed E-state index contributed by atoms with van der Waals surface area (Å²) in [5.41, 5.74) is 2.67. The Bertz CT molecular complexity index is 813. The summed E-state index contributed by atoms with van der Waals surface area (Å²) in [4.78, 5) is 14.4. The lowest BCUT2D eigenvalue weighted by atomic mass is 10.1. The van der Waals surface area contributed by atoms with Crippen molar-refractivity contribution in [3.8, 4) is 17.2 Å². The molecule has 0 saturated carbocycles. The number of amides is 1. The van der Waals surface area contributed by atoms with Crippen molar-refractivity contribution < 1.29 is 19.0 Å². The first-order valence-corrected chi connectivity index (χ1v) is 8.07. The lowest BCUT2D eigenvalue weighted by molar-refractivity contribution is -0.114. The van der Waals surface area contributed by atoms with Crippen LogP contribution < -0.4 is 19.1 Å². The number of ether oxygens (including phenoxy) is 3. The standard InChI is InChI=1S/C20H21NO4/c1-14-4-7-19-17(12-14)21(10-11-25-19)20(22)9-5-15-13-16(23-2)6-8-18(15)24-3/h4-9,12-13H,10-11H2,1-3H3/b9-5+. The van der Waals surface area contributed by atoms with E-state index >= 15 is 0 Å². The highest BCUT2D eigenvalue weighted by molar-refractivity contribution is 6.05. The third-order valence-electron chi connectivity index (χ3n) is 4.09. The van der Waals surface area contributed by atoms with Gasteiger partial charge in [0.05, 0.1) is 26.5 Å². The SMILES string of the molecule is COc1ccc(OC)c(/C=C/C(=O)N2CCOc3ccc(C)cc32)c1. The van der Waals surface area contributed by atoms with Crippen LogP contribution in [0.25, 0.3) is 6.08 Å². The number of benzene rings is 2. The molecule has 1 aliphatic rings. The summed E-state index contributed by atoms with van der Waals surface area (Å²) in [7, 11) is 3.20. The van der Waals surface area contributed by atoms with Crippen molar-refractivity contribution in [1.82, 2.24) is 0 Å². The van der Waals surface area contributed by atoms with E-state index in [2.05, 4.69) is 0 Å². The normalized spacial score (nSPS) is 13.3. The Balaban J connectivity index is 1.86. The van der Waals surface area contributed by atoms with Crippen LogP contribution in [0.2, 0.25) is 0 Å². The first-order chi connectivity index (χ1) is 12.1.